The Morgan fingerprint density at radius 2 is 1.92 bits per heavy atom. The number of nitro groups is 2. The van der Waals surface area contributed by atoms with Crippen LogP contribution >= 0.6 is 0 Å². The number of H-pyrrole nitrogens is 1. The second kappa shape index (κ2) is 7.29. The lowest BCUT2D eigenvalue weighted by molar-refractivity contribution is -0.387. The number of phenolic OH excluding ortho intramolecular Hbond substituents is 1. The van der Waals surface area contributed by atoms with Crippen molar-refractivity contribution in [1.82, 2.24) is 9.97 Å². The topological polar surface area (TPSA) is 182 Å². The summed E-state index contributed by atoms with van der Waals surface area (Å²) >= 11 is 0. The minimum Gasteiger partial charge on any atom is -0.500 e. The normalized spacial score (nSPS) is 10.8. The predicted molar refractivity (Wildman–Crippen MR) is 88.0 cm³/mol. The molecule has 12 heteroatoms. The number of aromatic hydroxyl groups is 2. The fourth-order valence-corrected chi connectivity index (χ4v) is 2.01. The molecule has 0 saturated heterocycles. The summed E-state index contributed by atoms with van der Waals surface area (Å²) in [5.74, 6) is -2.03. The van der Waals surface area contributed by atoms with Gasteiger partial charge in [0, 0.05) is 6.07 Å². The van der Waals surface area contributed by atoms with Crippen LogP contribution in [0.4, 0.5) is 11.4 Å². The average molecular weight is 364 g/mol. The largest absolute Gasteiger partial charge is 0.500 e. The van der Waals surface area contributed by atoms with Crippen molar-refractivity contribution >= 4 is 23.5 Å². The monoisotopic (exact) mass is 364 g/mol. The van der Waals surface area contributed by atoms with Gasteiger partial charge in [-0.1, -0.05) is 6.08 Å². The van der Waals surface area contributed by atoms with Crippen LogP contribution in [-0.2, 0) is 0 Å². The molecule has 0 unspecified atom stereocenters. The van der Waals surface area contributed by atoms with Crippen molar-refractivity contribution in [1.29, 1.82) is 0 Å². The average Bonchev–Trinajstić information content (AvgIpc) is 2.54. The van der Waals surface area contributed by atoms with Crippen LogP contribution in [0.15, 0.2) is 16.9 Å². The molecule has 0 radical (unpaired) electrons. The van der Waals surface area contributed by atoms with Crippen molar-refractivity contribution < 1.29 is 24.8 Å². The van der Waals surface area contributed by atoms with Crippen molar-refractivity contribution in [2.75, 3.05) is 6.61 Å². The van der Waals surface area contributed by atoms with Crippen LogP contribution in [0.5, 0.6) is 17.4 Å². The van der Waals surface area contributed by atoms with E-state index in [-0.39, 0.29) is 23.7 Å². The van der Waals surface area contributed by atoms with E-state index in [1.54, 1.807) is 6.92 Å². The SMILES string of the molecule is CCOc1cc(C=Cc2nc(O)c([N+](=O)[O-])c(=O)[nH]2)cc([N+](=O)[O-])c1O. The maximum Gasteiger partial charge on any atom is 0.395 e. The van der Waals surface area contributed by atoms with Crippen molar-refractivity contribution in [3.05, 3.63) is 54.1 Å². The van der Waals surface area contributed by atoms with Gasteiger partial charge < -0.3 is 19.9 Å². The highest BCUT2D eigenvalue weighted by Gasteiger charge is 2.22. The highest BCUT2D eigenvalue weighted by molar-refractivity contribution is 5.72. The third-order valence-electron chi connectivity index (χ3n) is 3.08. The van der Waals surface area contributed by atoms with E-state index in [2.05, 4.69) is 9.97 Å². The fraction of sp³-hybridized carbons (Fsp3) is 0.143. The molecule has 0 aliphatic rings. The van der Waals surface area contributed by atoms with Gasteiger partial charge in [-0.05, 0) is 24.6 Å². The molecule has 0 aliphatic heterocycles. The zero-order chi connectivity index (χ0) is 19.4. The number of aromatic amines is 1. The van der Waals surface area contributed by atoms with E-state index in [9.17, 15) is 35.2 Å². The fourth-order valence-electron chi connectivity index (χ4n) is 2.01. The molecular formula is C14H12N4O8. The van der Waals surface area contributed by atoms with Gasteiger partial charge in [0.05, 0.1) is 16.5 Å². The molecule has 0 fully saturated rings. The molecule has 0 atom stereocenters. The van der Waals surface area contributed by atoms with E-state index < -0.39 is 38.4 Å². The molecule has 2 rings (SSSR count). The van der Waals surface area contributed by atoms with Crippen LogP contribution < -0.4 is 10.3 Å². The smallest absolute Gasteiger partial charge is 0.395 e. The molecule has 0 spiro atoms. The first-order valence-electron chi connectivity index (χ1n) is 7.04. The Morgan fingerprint density at radius 1 is 1.23 bits per heavy atom. The number of nitrogens with zero attached hydrogens (tertiary/aromatic N) is 3. The van der Waals surface area contributed by atoms with Gasteiger partial charge in [0.15, 0.2) is 5.75 Å². The Balaban J connectivity index is 2.46. The van der Waals surface area contributed by atoms with Crippen LogP contribution in [0.25, 0.3) is 12.2 Å². The number of nitrogens with one attached hydrogen (secondary N) is 1. The van der Waals surface area contributed by atoms with Gasteiger partial charge in [-0.3, -0.25) is 25.0 Å². The lowest BCUT2D eigenvalue weighted by Crippen LogP contribution is -2.14. The molecule has 0 amide bonds. The quantitative estimate of drug-likeness (QED) is 0.506. The Morgan fingerprint density at radius 3 is 2.46 bits per heavy atom. The molecule has 1 aromatic carbocycles. The Labute approximate surface area is 144 Å². The second-order valence-corrected chi connectivity index (χ2v) is 4.79. The zero-order valence-corrected chi connectivity index (χ0v) is 13.2. The number of phenols is 1. The molecule has 2 aromatic rings. The lowest BCUT2D eigenvalue weighted by Gasteiger charge is -2.07. The van der Waals surface area contributed by atoms with E-state index in [1.165, 1.54) is 12.1 Å². The van der Waals surface area contributed by atoms with Crippen molar-refractivity contribution in [2.45, 2.75) is 6.92 Å². The maximum absolute atomic E-state index is 11.6. The predicted octanol–water partition coefficient (Wildman–Crippen LogP) is 1.57. The lowest BCUT2D eigenvalue weighted by atomic mass is 10.1. The molecule has 1 aromatic heterocycles. The first kappa shape index (κ1) is 18.4. The first-order chi connectivity index (χ1) is 12.2. The number of ether oxygens (including phenoxy) is 1. The highest BCUT2D eigenvalue weighted by atomic mass is 16.6. The van der Waals surface area contributed by atoms with Crippen molar-refractivity contribution in [3.63, 3.8) is 0 Å². The van der Waals surface area contributed by atoms with Crippen LogP contribution in [-0.4, -0.2) is 36.6 Å². The summed E-state index contributed by atoms with van der Waals surface area (Å²) in [4.78, 5) is 36.9. The summed E-state index contributed by atoms with van der Waals surface area (Å²) in [6.07, 6.45) is 2.44. The summed E-state index contributed by atoms with van der Waals surface area (Å²) in [6.45, 7) is 1.78. The summed E-state index contributed by atoms with van der Waals surface area (Å²) in [7, 11) is 0. The van der Waals surface area contributed by atoms with Gasteiger partial charge in [0.25, 0.3) is 5.88 Å². The number of hydrogen-bond acceptors (Lipinski definition) is 9. The van der Waals surface area contributed by atoms with E-state index >= 15 is 0 Å². The Hall–Kier alpha value is -3.96. The van der Waals surface area contributed by atoms with E-state index in [1.807, 2.05) is 0 Å². The minimum atomic E-state index is -1.16. The Bertz CT molecular complexity index is 966. The number of benzene rings is 1. The molecule has 0 bridgehead atoms. The third-order valence-corrected chi connectivity index (χ3v) is 3.08. The summed E-state index contributed by atoms with van der Waals surface area (Å²) in [5, 5.41) is 40.9. The first-order valence-corrected chi connectivity index (χ1v) is 7.04. The molecule has 0 saturated carbocycles. The Kier molecular flexibility index (Phi) is 5.15. The molecule has 0 aliphatic carbocycles. The number of nitro benzene ring substituents is 1. The zero-order valence-electron chi connectivity index (χ0n) is 13.2. The molecular weight excluding hydrogens is 352 g/mol. The standard InChI is InChI=1S/C14H12N4O8/c1-2-26-9-6-7(5-8(12(9)19)17(22)23)3-4-10-15-13(20)11(18(24)25)14(21)16-10/h3-6,19H,2H2,1H3,(H2,15,16,20,21). The maximum atomic E-state index is 11.6. The highest BCUT2D eigenvalue weighted by Crippen LogP contribution is 2.37. The van der Waals surface area contributed by atoms with Crippen LogP contribution in [0.2, 0.25) is 0 Å². The van der Waals surface area contributed by atoms with E-state index in [0.29, 0.717) is 0 Å². The molecule has 26 heavy (non-hydrogen) atoms. The number of rotatable bonds is 6. The summed E-state index contributed by atoms with van der Waals surface area (Å²) in [6, 6.07) is 2.36. The number of hydrogen-bond donors (Lipinski definition) is 3. The van der Waals surface area contributed by atoms with E-state index in [0.717, 1.165) is 12.1 Å². The van der Waals surface area contributed by atoms with Gasteiger partial charge in [-0.15, -0.1) is 0 Å². The van der Waals surface area contributed by atoms with Gasteiger partial charge >= 0.3 is 16.9 Å². The number of aromatic nitrogens is 2. The van der Waals surface area contributed by atoms with Gasteiger partial charge in [-0.25, -0.2) is 0 Å². The molecule has 3 N–H and O–H groups in total. The van der Waals surface area contributed by atoms with E-state index in [4.69, 9.17) is 4.74 Å². The molecule has 12 nitrogen and oxygen atoms in total. The van der Waals surface area contributed by atoms with Crippen molar-refractivity contribution in [2.24, 2.45) is 0 Å². The minimum absolute atomic E-state index is 0.116. The summed E-state index contributed by atoms with van der Waals surface area (Å²) < 4.78 is 5.12. The molecule has 136 valence electrons. The van der Waals surface area contributed by atoms with Crippen LogP contribution in [0, 0.1) is 20.2 Å². The third kappa shape index (κ3) is 3.75. The molecule has 1 heterocycles. The second-order valence-electron chi connectivity index (χ2n) is 4.79. The van der Waals surface area contributed by atoms with Crippen molar-refractivity contribution in [3.8, 4) is 17.4 Å². The van der Waals surface area contributed by atoms with Gasteiger partial charge in [0.1, 0.15) is 5.82 Å². The van der Waals surface area contributed by atoms with Crippen LogP contribution in [0.1, 0.15) is 18.3 Å². The van der Waals surface area contributed by atoms with Gasteiger partial charge in [-0.2, -0.15) is 4.98 Å². The van der Waals surface area contributed by atoms with Crippen LogP contribution in [0.3, 0.4) is 0 Å². The van der Waals surface area contributed by atoms with Gasteiger partial charge in [0.2, 0.25) is 5.75 Å². The summed E-state index contributed by atoms with van der Waals surface area (Å²) in [5.41, 5.74) is -2.63.